The van der Waals surface area contributed by atoms with Crippen LogP contribution in [0.1, 0.15) is 33.6 Å². The minimum atomic E-state index is 0.502. The van der Waals surface area contributed by atoms with Crippen LogP contribution in [0.15, 0.2) is 0 Å². The van der Waals surface area contributed by atoms with Gasteiger partial charge >= 0.3 is 0 Å². The van der Waals surface area contributed by atoms with Crippen molar-refractivity contribution in [3.63, 3.8) is 0 Å². The van der Waals surface area contributed by atoms with Crippen LogP contribution in [0.5, 0.6) is 0 Å². The van der Waals surface area contributed by atoms with Crippen LogP contribution < -0.4 is 5.32 Å². The lowest BCUT2D eigenvalue weighted by Gasteiger charge is -2.30. The molecule has 1 atom stereocenters. The predicted octanol–water partition coefficient (Wildman–Crippen LogP) is 2.27. The van der Waals surface area contributed by atoms with Crippen LogP contribution in [0.4, 0.5) is 0 Å². The summed E-state index contributed by atoms with van der Waals surface area (Å²) in [5.74, 6) is 0. The summed E-state index contributed by atoms with van der Waals surface area (Å²) >= 11 is 2.12. The van der Waals surface area contributed by atoms with Crippen molar-refractivity contribution in [2.24, 2.45) is 0 Å². The molecule has 1 unspecified atom stereocenters. The van der Waals surface area contributed by atoms with Crippen molar-refractivity contribution >= 4 is 11.8 Å². The first-order valence-electron chi connectivity index (χ1n) is 4.49. The molecule has 11 heavy (non-hydrogen) atoms. The summed E-state index contributed by atoms with van der Waals surface area (Å²) in [5, 5.41) is 4.22. The molecule has 1 N–H and O–H groups in total. The highest BCUT2D eigenvalue weighted by Crippen LogP contribution is 2.33. The molecule has 0 aromatic rings. The van der Waals surface area contributed by atoms with Gasteiger partial charge in [0, 0.05) is 16.5 Å². The molecule has 1 aliphatic rings. The molecule has 0 aliphatic carbocycles. The second-order valence-electron chi connectivity index (χ2n) is 4.00. The van der Waals surface area contributed by atoms with E-state index in [1.54, 1.807) is 0 Å². The molecule has 0 aromatic heterocycles. The van der Waals surface area contributed by atoms with E-state index < -0.39 is 0 Å². The van der Waals surface area contributed by atoms with Gasteiger partial charge in [0.05, 0.1) is 0 Å². The number of rotatable bonds is 0. The summed E-state index contributed by atoms with van der Waals surface area (Å²) in [6.07, 6.45) is 2.67. The van der Waals surface area contributed by atoms with Crippen molar-refractivity contribution in [3.05, 3.63) is 0 Å². The third-order valence-electron chi connectivity index (χ3n) is 2.08. The lowest BCUT2D eigenvalue weighted by atomic mass is 10.1. The van der Waals surface area contributed by atoms with E-state index in [1.807, 2.05) is 0 Å². The van der Waals surface area contributed by atoms with Crippen LogP contribution in [0.25, 0.3) is 0 Å². The fourth-order valence-corrected chi connectivity index (χ4v) is 3.14. The minimum Gasteiger partial charge on any atom is -0.316 e. The summed E-state index contributed by atoms with van der Waals surface area (Å²) < 4.78 is 0.502. The maximum atomic E-state index is 3.45. The summed E-state index contributed by atoms with van der Waals surface area (Å²) in [6, 6.07) is 0. The van der Waals surface area contributed by atoms with Gasteiger partial charge in [0.25, 0.3) is 0 Å². The highest BCUT2D eigenvalue weighted by Gasteiger charge is 2.22. The van der Waals surface area contributed by atoms with Gasteiger partial charge in [-0.1, -0.05) is 20.8 Å². The van der Waals surface area contributed by atoms with Gasteiger partial charge in [0.15, 0.2) is 0 Å². The van der Waals surface area contributed by atoms with Crippen molar-refractivity contribution < 1.29 is 0 Å². The van der Waals surface area contributed by atoms with Crippen molar-refractivity contribution in [3.8, 4) is 0 Å². The monoisotopic (exact) mass is 173 g/mol. The summed E-state index contributed by atoms with van der Waals surface area (Å²) in [5.41, 5.74) is 0. The molecule has 1 heterocycles. The van der Waals surface area contributed by atoms with Crippen molar-refractivity contribution in [2.45, 2.75) is 43.6 Å². The summed E-state index contributed by atoms with van der Waals surface area (Å²) in [7, 11) is 0. The quantitative estimate of drug-likeness (QED) is 0.603. The Morgan fingerprint density at radius 2 is 2.18 bits per heavy atom. The first-order valence-corrected chi connectivity index (χ1v) is 5.37. The van der Waals surface area contributed by atoms with Gasteiger partial charge in [-0.15, -0.1) is 0 Å². The number of nitrogens with one attached hydrogen (secondary N) is 1. The minimum absolute atomic E-state index is 0.502. The Morgan fingerprint density at radius 1 is 1.45 bits per heavy atom. The molecule has 1 saturated heterocycles. The van der Waals surface area contributed by atoms with Crippen LogP contribution in [0, 0.1) is 0 Å². The zero-order valence-corrected chi connectivity index (χ0v) is 8.63. The van der Waals surface area contributed by atoms with Crippen molar-refractivity contribution in [1.29, 1.82) is 0 Å². The van der Waals surface area contributed by atoms with Crippen molar-refractivity contribution in [1.82, 2.24) is 5.32 Å². The Labute approximate surface area is 74.3 Å². The Balaban J connectivity index is 2.42. The summed E-state index contributed by atoms with van der Waals surface area (Å²) in [4.78, 5) is 0. The lowest BCUT2D eigenvalue weighted by Crippen LogP contribution is -2.32. The van der Waals surface area contributed by atoms with Crippen molar-refractivity contribution in [2.75, 3.05) is 13.1 Å². The largest absolute Gasteiger partial charge is 0.316 e. The van der Waals surface area contributed by atoms with E-state index in [-0.39, 0.29) is 0 Å². The SMILES string of the molecule is CC1CNCCCC(C)(C)S1. The molecule has 0 spiro atoms. The Hall–Kier alpha value is 0.310. The molecule has 1 rings (SSSR count). The van der Waals surface area contributed by atoms with E-state index in [4.69, 9.17) is 0 Å². The van der Waals surface area contributed by atoms with Gasteiger partial charge in [-0.2, -0.15) is 11.8 Å². The normalized spacial score (nSPS) is 32.5. The van der Waals surface area contributed by atoms with Gasteiger partial charge in [-0.25, -0.2) is 0 Å². The first kappa shape index (κ1) is 9.40. The van der Waals surface area contributed by atoms with Gasteiger partial charge in [0.2, 0.25) is 0 Å². The highest BCUT2D eigenvalue weighted by molar-refractivity contribution is 8.01. The highest BCUT2D eigenvalue weighted by atomic mass is 32.2. The fraction of sp³-hybridized carbons (Fsp3) is 1.00. The Morgan fingerprint density at radius 3 is 2.91 bits per heavy atom. The molecule has 66 valence electrons. The molecular formula is C9H19NS. The molecule has 0 bridgehead atoms. The van der Waals surface area contributed by atoms with Gasteiger partial charge < -0.3 is 5.32 Å². The average Bonchev–Trinajstić information content (AvgIpc) is 1.82. The fourth-order valence-electron chi connectivity index (χ4n) is 1.59. The molecule has 1 nitrogen and oxygen atoms in total. The number of hydrogen-bond acceptors (Lipinski definition) is 2. The molecule has 0 radical (unpaired) electrons. The van der Waals surface area contributed by atoms with E-state index in [9.17, 15) is 0 Å². The van der Waals surface area contributed by atoms with E-state index >= 15 is 0 Å². The van der Waals surface area contributed by atoms with Crippen LogP contribution in [-0.4, -0.2) is 23.1 Å². The second kappa shape index (κ2) is 3.81. The van der Waals surface area contributed by atoms with Crippen LogP contribution in [0.2, 0.25) is 0 Å². The van der Waals surface area contributed by atoms with Crippen LogP contribution >= 0.6 is 11.8 Å². The average molecular weight is 173 g/mol. The molecule has 0 aromatic carbocycles. The molecule has 2 heteroatoms. The standard InChI is InChI=1S/C9H19NS/c1-8-7-10-6-4-5-9(2,3)11-8/h8,10H,4-7H2,1-3H3. The molecule has 1 aliphatic heterocycles. The van der Waals surface area contributed by atoms with E-state index in [0.717, 1.165) is 5.25 Å². The van der Waals surface area contributed by atoms with E-state index in [2.05, 4.69) is 37.8 Å². The van der Waals surface area contributed by atoms with Crippen LogP contribution in [0.3, 0.4) is 0 Å². The number of hydrogen-bond donors (Lipinski definition) is 1. The zero-order valence-electron chi connectivity index (χ0n) is 7.81. The third-order valence-corrected chi connectivity index (χ3v) is 3.50. The molecule has 1 fully saturated rings. The first-order chi connectivity index (χ1) is 5.10. The lowest BCUT2D eigenvalue weighted by molar-refractivity contribution is 0.540. The molecule has 0 saturated carbocycles. The smallest absolute Gasteiger partial charge is 0.0149 e. The Kier molecular flexibility index (Phi) is 3.26. The molecular weight excluding hydrogens is 154 g/mol. The van der Waals surface area contributed by atoms with Gasteiger partial charge in [-0.3, -0.25) is 0 Å². The predicted molar refractivity (Wildman–Crippen MR) is 53.2 cm³/mol. The third kappa shape index (κ3) is 3.48. The second-order valence-corrected chi connectivity index (χ2v) is 6.14. The summed E-state index contributed by atoms with van der Waals surface area (Å²) in [6.45, 7) is 9.41. The number of thioether (sulfide) groups is 1. The topological polar surface area (TPSA) is 12.0 Å². The zero-order chi connectivity index (χ0) is 8.32. The maximum absolute atomic E-state index is 3.45. The van der Waals surface area contributed by atoms with Gasteiger partial charge in [-0.05, 0) is 19.4 Å². The van der Waals surface area contributed by atoms with E-state index in [1.165, 1.54) is 25.9 Å². The van der Waals surface area contributed by atoms with E-state index in [0.29, 0.717) is 4.75 Å². The Bertz CT molecular complexity index is 123. The maximum Gasteiger partial charge on any atom is 0.0149 e. The molecule has 0 amide bonds. The van der Waals surface area contributed by atoms with Gasteiger partial charge in [0.1, 0.15) is 0 Å². The van der Waals surface area contributed by atoms with Crippen LogP contribution in [-0.2, 0) is 0 Å².